The van der Waals surface area contributed by atoms with Crippen molar-refractivity contribution in [3.63, 3.8) is 0 Å². The molecule has 3 aromatic rings. The maximum Gasteiger partial charge on any atom is 0.295 e. The summed E-state index contributed by atoms with van der Waals surface area (Å²) in [5.74, 6) is 1.44. The van der Waals surface area contributed by atoms with Gasteiger partial charge in [-0.25, -0.2) is 0 Å². The Labute approximate surface area is 122 Å². The molecule has 4 rings (SSSR count). The average molecular weight is 280 g/mol. The number of nitrogens with one attached hydrogen (secondary N) is 1. The van der Waals surface area contributed by atoms with Gasteiger partial charge in [0.1, 0.15) is 11.3 Å². The first kappa shape index (κ1) is 12.3. The van der Waals surface area contributed by atoms with Gasteiger partial charge in [0.05, 0.1) is 6.61 Å². The number of para-hydroxylation sites is 3. The Kier molecular flexibility index (Phi) is 2.99. The summed E-state index contributed by atoms with van der Waals surface area (Å²) in [6.45, 7) is 1.52. The zero-order valence-corrected chi connectivity index (χ0v) is 11.6. The van der Waals surface area contributed by atoms with Crippen LogP contribution >= 0.6 is 0 Å². The van der Waals surface area contributed by atoms with Crippen LogP contribution in [-0.2, 0) is 6.42 Å². The van der Waals surface area contributed by atoms with Crippen molar-refractivity contribution in [1.29, 1.82) is 0 Å². The minimum absolute atomic E-state index is 0.426. The van der Waals surface area contributed by atoms with Crippen LogP contribution in [0.2, 0.25) is 0 Å². The zero-order valence-electron chi connectivity index (χ0n) is 11.6. The van der Waals surface area contributed by atoms with Gasteiger partial charge in [-0.2, -0.15) is 4.98 Å². The molecule has 0 radical (unpaired) electrons. The first-order chi connectivity index (χ1) is 10.4. The molecule has 2 aromatic carbocycles. The lowest BCUT2D eigenvalue weighted by Gasteiger charge is -2.25. The fourth-order valence-electron chi connectivity index (χ4n) is 2.70. The number of anilines is 1. The predicted molar refractivity (Wildman–Crippen MR) is 81.6 cm³/mol. The van der Waals surface area contributed by atoms with Crippen LogP contribution < -0.4 is 10.1 Å². The van der Waals surface area contributed by atoms with Gasteiger partial charge in [-0.05, 0) is 30.2 Å². The molecular formula is C17H16N2O2. The van der Waals surface area contributed by atoms with Crippen LogP contribution in [0, 0.1) is 5.92 Å². The first-order valence-electron chi connectivity index (χ1n) is 7.18. The molecule has 0 fully saturated rings. The highest BCUT2D eigenvalue weighted by atomic mass is 16.5. The third-order valence-electron chi connectivity index (χ3n) is 3.79. The molecule has 0 saturated carbocycles. The van der Waals surface area contributed by atoms with E-state index in [1.807, 2.05) is 36.4 Å². The van der Waals surface area contributed by atoms with Crippen molar-refractivity contribution in [2.75, 3.05) is 18.5 Å². The van der Waals surface area contributed by atoms with Gasteiger partial charge < -0.3 is 14.5 Å². The topological polar surface area (TPSA) is 47.3 Å². The number of rotatable bonds is 3. The molecule has 0 aliphatic carbocycles. The minimum Gasteiger partial charge on any atom is -0.493 e. The van der Waals surface area contributed by atoms with E-state index in [0.29, 0.717) is 11.9 Å². The van der Waals surface area contributed by atoms with Crippen LogP contribution in [0.4, 0.5) is 6.01 Å². The SMILES string of the molecule is c1ccc2c(c1)C[C@H](CNc1nc3ccccc3o1)CO2. The molecule has 1 aliphatic rings. The molecular weight excluding hydrogens is 264 g/mol. The van der Waals surface area contributed by atoms with Crippen molar-refractivity contribution < 1.29 is 9.15 Å². The van der Waals surface area contributed by atoms with E-state index in [1.54, 1.807) is 0 Å². The van der Waals surface area contributed by atoms with Gasteiger partial charge in [0.2, 0.25) is 0 Å². The molecule has 1 N–H and O–H groups in total. The van der Waals surface area contributed by atoms with Crippen molar-refractivity contribution >= 4 is 17.1 Å². The first-order valence-corrected chi connectivity index (χ1v) is 7.18. The van der Waals surface area contributed by atoms with Crippen molar-refractivity contribution in [2.45, 2.75) is 6.42 Å². The molecule has 106 valence electrons. The summed E-state index contributed by atoms with van der Waals surface area (Å²) in [7, 11) is 0. The molecule has 4 nitrogen and oxygen atoms in total. The third kappa shape index (κ3) is 2.44. The van der Waals surface area contributed by atoms with Crippen LogP contribution in [0.5, 0.6) is 5.75 Å². The lowest BCUT2D eigenvalue weighted by atomic mass is 9.97. The second kappa shape index (κ2) is 5.13. The Morgan fingerprint density at radius 2 is 1.95 bits per heavy atom. The van der Waals surface area contributed by atoms with Crippen LogP contribution in [0.1, 0.15) is 5.56 Å². The number of oxazole rings is 1. The van der Waals surface area contributed by atoms with Gasteiger partial charge in [0, 0.05) is 12.5 Å². The normalized spacial score (nSPS) is 17.2. The fourth-order valence-corrected chi connectivity index (χ4v) is 2.70. The monoisotopic (exact) mass is 280 g/mol. The van der Waals surface area contributed by atoms with Crippen molar-refractivity contribution in [1.82, 2.24) is 4.98 Å². The molecule has 1 aromatic heterocycles. The third-order valence-corrected chi connectivity index (χ3v) is 3.79. The van der Waals surface area contributed by atoms with E-state index in [0.717, 1.165) is 36.4 Å². The summed E-state index contributed by atoms with van der Waals surface area (Å²) < 4.78 is 11.5. The lowest BCUT2D eigenvalue weighted by molar-refractivity contribution is 0.229. The van der Waals surface area contributed by atoms with Gasteiger partial charge in [-0.3, -0.25) is 0 Å². The van der Waals surface area contributed by atoms with E-state index in [1.165, 1.54) is 5.56 Å². The van der Waals surface area contributed by atoms with Crippen LogP contribution in [-0.4, -0.2) is 18.1 Å². The summed E-state index contributed by atoms with van der Waals surface area (Å²) in [5.41, 5.74) is 2.96. The Morgan fingerprint density at radius 1 is 1.10 bits per heavy atom. The molecule has 1 aliphatic heterocycles. The molecule has 1 atom stereocenters. The summed E-state index contributed by atoms with van der Waals surface area (Å²) in [5, 5.41) is 3.28. The fraction of sp³-hybridized carbons (Fsp3) is 0.235. The highest BCUT2D eigenvalue weighted by molar-refractivity contribution is 5.74. The quantitative estimate of drug-likeness (QED) is 0.797. The zero-order chi connectivity index (χ0) is 14.1. The molecule has 0 bridgehead atoms. The van der Waals surface area contributed by atoms with Gasteiger partial charge >= 0.3 is 0 Å². The second-order valence-electron chi connectivity index (χ2n) is 5.36. The minimum atomic E-state index is 0.426. The van der Waals surface area contributed by atoms with Gasteiger partial charge in [0.25, 0.3) is 6.01 Å². The standard InChI is InChI=1S/C17H16N2O2/c1-3-7-15-13(5-1)9-12(11-20-15)10-18-17-19-14-6-2-4-8-16(14)21-17/h1-8,12H,9-11H2,(H,18,19)/t12-/m1/s1. The van der Waals surface area contributed by atoms with E-state index in [4.69, 9.17) is 9.15 Å². The molecule has 0 unspecified atom stereocenters. The number of benzene rings is 2. The molecule has 0 saturated heterocycles. The van der Waals surface area contributed by atoms with Gasteiger partial charge in [-0.15, -0.1) is 0 Å². The highest BCUT2D eigenvalue weighted by Gasteiger charge is 2.19. The predicted octanol–water partition coefficient (Wildman–Crippen LogP) is 3.49. The smallest absolute Gasteiger partial charge is 0.295 e. The molecule has 0 spiro atoms. The number of nitrogens with zero attached hydrogens (tertiary/aromatic N) is 1. The molecule has 0 amide bonds. The van der Waals surface area contributed by atoms with Crippen LogP contribution in [0.15, 0.2) is 52.9 Å². The summed E-state index contributed by atoms with van der Waals surface area (Å²) in [4.78, 5) is 4.42. The van der Waals surface area contributed by atoms with E-state index >= 15 is 0 Å². The van der Waals surface area contributed by atoms with Crippen molar-refractivity contribution in [3.8, 4) is 5.75 Å². The number of hydrogen-bond acceptors (Lipinski definition) is 4. The van der Waals surface area contributed by atoms with E-state index in [9.17, 15) is 0 Å². The Morgan fingerprint density at radius 3 is 2.90 bits per heavy atom. The number of hydrogen-bond donors (Lipinski definition) is 1. The summed E-state index contributed by atoms with van der Waals surface area (Å²) in [6, 6.07) is 16.6. The maximum absolute atomic E-state index is 5.79. The van der Waals surface area contributed by atoms with Crippen LogP contribution in [0.3, 0.4) is 0 Å². The second-order valence-corrected chi connectivity index (χ2v) is 5.36. The lowest BCUT2D eigenvalue weighted by Crippen LogP contribution is -2.27. The largest absolute Gasteiger partial charge is 0.493 e. The summed E-state index contributed by atoms with van der Waals surface area (Å²) in [6.07, 6.45) is 1.02. The molecule has 2 heterocycles. The Hall–Kier alpha value is -2.49. The van der Waals surface area contributed by atoms with E-state index < -0.39 is 0 Å². The maximum atomic E-state index is 5.79. The molecule has 4 heteroatoms. The van der Waals surface area contributed by atoms with Crippen LogP contribution in [0.25, 0.3) is 11.1 Å². The van der Waals surface area contributed by atoms with E-state index in [-0.39, 0.29) is 0 Å². The number of ether oxygens (including phenoxy) is 1. The highest BCUT2D eigenvalue weighted by Crippen LogP contribution is 2.27. The average Bonchev–Trinajstić information content (AvgIpc) is 2.95. The Balaban J connectivity index is 1.43. The van der Waals surface area contributed by atoms with Gasteiger partial charge in [0.15, 0.2) is 5.58 Å². The molecule has 21 heavy (non-hydrogen) atoms. The Bertz CT molecular complexity index is 733. The number of fused-ring (bicyclic) bond motifs is 2. The van der Waals surface area contributed by atoms with Crippen molar-refractivity contribution in [2.24, 2.45) is 5.92 Å². The summed E-state index contributed by atoms with van der Waals surface area (Å²) >= 11 is 0. The van der Waals surface area contributed by atoms with Crippen molar-refractivity contribution in [3.05, 3.63) is 54.1 Å². The van der Waals surface area contributed by atoms with Gasteiger partial charge in [-0.1, -0.05) is 30.3 Å². The van der Waals surface area contributed by atoms with E-state index in [2.05, 4.69) is 22.4 Å². The number of aromatic nitrogens is 1.